The average molecular weight is 325 g/mol. The number of carbonyl (C=O) groups is 1. The van der Waals surface area contributed by atoms with Crippen LogP contribution in [-0.4, -0.2) is 12.6 Å². The van der Waals surface area contributed by atoms with E-state index in [0.717, 1.165) is 23.7 Å². The van der Waals surface area contributed by atoms with Crippen molar-refractivity contribution in [3.8, 4) is 0 Å². The van der Waals surface area contributed by atoms with Gasteiger partial charge in [0.2, 0.25) is 0 Å². The lowest BCUT2D eigenvalue weighted by Gasteiger charge is -2.22. The van der Waals surface area contributed by atoms with E-state index in [4.69, 9.17) is 4.74 Å². The number of hydrogen-bond donors (Lipinski definition) is 0. The van der Waals surface area contributed by atoms with Crippen LogP contribution in [-0.2, 0) is 14.9 Å². The normalized spacial score (nSPS) is 17.4. The summed E-state index contributed by atoms with van der Waals surface area (Å²) in [6, 6.07) is 8.34. The highest BCUT2D eigenvalue weighted by Crippen LogP contribution is 2.38. The molecule has 1 atom stereocenters. The zero-order valence-electron chi connectivity index (χ0n) is 11.4. The lowest BCUT2D eigenvalue weighted by molar-refractivity contribution is -0.146. The molecule has 0 heterocycles. The standard InChI is InChI=1S/C16H21BrO2/c1-2-19-16(18)15(13-5-3-4-6-13)14-9-7-12(11-17)8-10-14/h7-10,13,15H,2-6,11H2,1H3. The van der Waals surface area contributed by atoms with Crippen LogP contribution in [0.2, 0.25) is 0 Å². The molecule has 104 valence electrons. The summed E-state index contributed by atoms with van der Waals surface area (Å²) >= 11 is 3.45. The molecule has 3 heteroatoms. The first kappa shape index (κ1) is 14.6. The summed E-state index contributed by atoms with van der Waals surface area (Å²) in [6.45, 7) is 2.33. The molecule has 1 aromatic rings. The summed E-state index contributed by atoms with van der Waals surface area (Å²) in [4.78, 5) is 12.3. The summed E-state index contributed by atoms with van der Waals surface area (Å²) in [7, 11) is 0. The van der Waals surface area contributed by atoms with Crippen molar-refractivity contribution < 1.29 is 9.53 Å². The summed E-state index contributed by atoms with van der Waals surface area (Å²) < 4.78 is 5.28. The van der Waals surface area contributed by atoms with Gasteiger partial charge in [0.05, 0.1) is 12.5 Å². The van der Waals surface area contributed by atoms with Gasteiger partial charge in [-0.2, -0.15) is 0 Å². The summed E-state index contributed by atoms with van der Waals surface area (Å²) in [5.74, 6) is 0.321. The monoisotopic (exact) mass is 324 g/mol. The predicted molar refractivity (Wildman–Crippen MR) is 80.4 cm³/mol. The number of hydrogen-bond acceptors (Lipinski definition) is 2. The highest BCUT2D eigenvalue weighted by molar-refractivity contribution is 9.08. The fourth-order valence-corrected chi connectivity index (χ4v) is 3.31. The molecule has 2 nitrogen and oxygen atoms in total. The van der Waals surface area contributed by atoms with Gasteiger partial charge in [0.1, 0.15) is 0 Å². The van der Waals surface area contributed by atoms with Crippen LogP contribution < -0.4 is 0 Å². The Balaban J connectivity index is 2.21. The lowest BCUT2D eigenvalue weighted by Crippen LogP contribution is -2.22. The van der Waals surface area contributed by atoms with E-state index in [2.05, 4.69) is 40.2 Å². The quantitative estimate of drug-likeness (QED) is 0.592. The zero-order valence-corrected chi connectivity index (χ0v) is 13.0. The first-order valence-electron chi connectivity index (χ1n) is 7.07. The minimum atomic E-state index is -0.0770. The number of alkyl halides is 1. The molecule has 2 rings (SSSR count). The number of ether oxygens (including phenoxy) is 1. The molecule has 1 fully saturated rings. The molecule has 1 saturated carbocycles. The van der Waals surface area contributed by atoms with Crippen molar-refractivity contribution in [1.82, 2.24) is 0 Å². The summed E-state index contributed by atoms with van der Waals surface area (Å²) in [5.41, 5.74) is 2.34. The summed E-state index contributed by atoms with van der Waals surface area (Å²) in [5, 5.41) is 0.848. The average Bonchev–Trinajstić information content (AvgIpc) is 2.94. The number of rotatable bonds is 5. The van der Waals surface area contributed by atoms with Gasteiger partial charge in [-0.3, -0.25) is 4.79 Å². The van der Waals surface area contributed by atoms with Gasteiger partial charge in [0.15, 0.2) is 0 Å². The van der Waals surface area contributed by atoms with Crippen LogP contribution in [0.4, 0.5) is 0 Å². The largest absolute Gasteiger partial charge is 0.466 e. The van der Waals surface area contributed by atoms with E-state index < -0.39 is 0 Å². The maximum absolute atomic E-state index is 12.3. The molecule has 1 aliphatic rings. The molecule has 0 N–H and O–H groups in total. The Bertz CT molecular complexity index is 407. The third kappa shape index (κ3) is 3.59. The minimum absolute atomic E-state index is 0.0546. The van der Waals surface area contributed by atoms with E-state index >= 15 is 0 Å². The molecule has 0 bridgehead atoms. The van der Waals surface area contributed by atoms with Gasteiger partial charge in [0.25, 0.3) is 0 Å². The van der Waals surface area contributed by atoms with Gasteiger partial charge >= 0.3 is 5.97 Å². The van der Waals surface area contributed by atoms with Crippen molar-refractivity contribution in [2.45, 2.75) is 43.9 Å². The second kappa shape index (κ2) is 7.09. The molecule has 1 unspecified atom stereocenters. The van der Waals surface area contributed by atoms with Crippen molar-refractivity contribution in [1.29, 1.82) is 0 Å². The first-order valence-corrected chi connectivity index (χ1v) is 8.19. The predicted octanol–water partition coefficient (Wildman–Crippen LogP) is 4.42. The van der Waals surface area contributed by atoms with Crippen LogP contribution in [0.5, 0.6) is 0 Å². The van der Waals surface area contributed by atoms with E-state index in [0.29, 0.717) is 12.5 Å². The molecular weight excluding hydrogens is 304 g/mol. The molecule has 1 aliphatic carbocycles. The molecule has 19 heavy (non-hydrogen) atoms. The highest BCUT2D eigenvalue weighted by atomic mass is 79.9. The fourth-order valence-electron chi connectivity index (χ4n) is 2.94. The van der Waals surface area contributed by atoms with Crippen LogP contribution in [0.3, 0.4) is 0 Å². The fraction of sp³-hybridized carbons (Fsp3) is 0.562. The molecule has 1 aromatic carbocycles. The van der Waals surface area contributed by atoms with Gasteiger partial charge < -0.3 is 4.74 Å². The second-order valence-corrected chi connectivity index (χ2v) is 5.71. The van der Waals surface area contributed by atoms with Gasteiger partial charge in [-0.25, -0.2) is 0 Å². The van der Waals surface area contributed by atoms with E-state index in [1.165, 1.54) is 18.4 Å². The van der Waals surface area contributed by atoms with E-state index in [9.17, 15) is 4.79 Å². The van der Waals surface area contributed by atoms with E-state index in [1.807, 2.05) is 6.92 Å². The Kier molecular flexibility index (Phi) is 5.44. The maximum Gasteiger partial charge on any atom is 0.313 e. The van der Waals surface area contributed by atoms with Crippen LogP contribution in [0.15, 0.2) is 24.3 Å². The van der Waals surface area contributed by atoms with Gasteiger partial charge in [-0.15, -0.1) is 0 Å². The van der Waals surface area contributed by atoms with Gasteiger partial charge in [0, 0.05) is 5.33 Å². The van der Waals surface area contributed by atoms with Crippen LogP contribution in [0.25, 0.3) is 0 Å². The topological polar surface area (TPSA) is 26.3 Å². The van der Waals surface area contributed by atoms with Crippen molar-refractivity contribution in [3.05, 3.63) is 35.4 Å². The summed E-state index contributed by atoms with van der Waals surface area (Å²) in [6.07, 6.45) is 4.76. The Hall–Kier alpha value is -0.830. The third-order valence-corrected chi connectivity index (χ3v) is 4.55. The molecule has 0 amide bonds. The second-order valence-electron chi connectivity index (χ2n) is 5.15. The van der Waals surface area contributed by atoms with Gasteiger partial charge in [-0.1, -0.05) is 53.0 Å². The first-order chi connectivity index (χ1) is 9.26. The third-order valence-electron chi connectivity index (χ3n) is 3.90. The van der Waals surface area contributed by atoms with Crippen LogP contribution >= 0.6 is 15.9 Å². The lowest BCUT2D eigenvalue weighted by atomic mass is 9.84. The number of benzene rings is 1. The van der Waals surface area contributed by atoms with Crippen molar-refractivity contribution in [2.75, 3.05) is 6.61 Å². The molecule has 0 saturated heterocycles. The molecule has 0 aliphatic heterocycles. The van der Waals surface area contributed by atoms with Crippen LogP contribution in [0.1, 0.15) is 49.7 Å². The number of esters is 1. The Morgan fingerprint density at radius 2 is 1.95 bits per heavy atom. The maximum atomic E-state index is 12.3. The van der Waals surface area contributed by atoms with E-state index in [1.54, 1.807) is 0 Å². The molecule has 0 aromatic heterocycles. The Labute approximate surface area is 123 Å². The number of halogens is 1. The van der Waals surface area contributed by atoms with Crippen molar-refractivity contribution in [2.24, 2.45) is 5.92 Å². The molecule has 0 spiro atoms. The van der Waals surface area contributed by atoms with Crippen LogP contribution in [0, 0.1) is 5.92 Å². The SMILES string of the molecule is CCOC(=O)C(c1ccc(CBr)cc1)C1CCCC1. The smallest absolute Gasteiger partial charge is 0.313 e. The van der Waals surface area contributed by atoms with Gasteiger partial charge in [-0.05, 0) is 36.8 Å². The zero-order chi connectivity index (χ0) is 13.7. The van der Waals surface area contributed by atoms with Crippen molar-refractivity contribution >= 4 is 21.9 Å². The van der Waals surface area contributed by atoms with E-state index in [-0.39, 0.29) is 11.9 Å². The number of carbonyl (C=O) groups excluding carboxylic acids is 1. The minimum Gasteiger partial charge on any atom is -0.466 e. The van der Waals surface area contributed by atoms with Crippen molar-refractivity contribution in [3.63, 3.8) is 0 Å². The Morgan fingerprint density at radius 3 is 2.47 bits per heavy atom. The Morgan fingerprint density at radius 1 is 1.32 bits per heavy atom. The molecule has 0 radical (unpaired) electrons. The highest BCUT2D eigenvalue weighted by Gasteiger charge is 2.32. The molecular formula is C16H21BrO2.